The molecule has 20 heavy (non-hydrogen) atoms. The van der Waals surface area contributed by atoms with Crippen LogP contribution in [0.25, 0.3) is 0 Å². The van der Waals surface area contributed by atoms with Crippen molar-refractivity contribution in [3.05, 3.63) is 17.6 Å². The molecule has 4 heteroatoms. The second kappa shape index (κ2) is 7.02. The van der Waals surface area contributed by atoms with Crippen LogP contribution in [0.15, 0.2) is 6.33 Å². The number of aromatic nitrogens is 2. The van der Waals surface area contributed by atoms with Gasteiger partial charge in [-0.05, 0) is 38.5 Å². The fourth-order valence-corrected chi connectivity index (χ4v) is 2.90. The SMILES string of the molecule is CCC(CC)(CO)CNc1ncnc2c1CCCCC2. The van der Waals surface area contributed by atoms with Crippen molar-refractivity contribution in [1.29, 1.82) is 0 Å². The molecule has 0 bridgehead atoms. The van der Waals surface area contributed by atoms with Gasteiger partial charge < -0.3 is 10.4 Å². The first kappa shape index (κ1) is 15.2. The van der Waals surface area contributed by atoms with Crippen LogP contribution in [0.2, 0.25) is 0 Å². The number of aryl methyl sites for hydroxylation is 1. The summed E-state index contributed by atoms with van der Waals surface area (Å²) >= 11 is 0. The lowest BCUT2D eigenvalue weighted by molar-refractivity contribution is 0.127. The van der Waals surface area contributed by atoms with Gasteiger partial charge in [0, 0.05) is 23.2 Å². The molecule has 0 saturated heterocycles. The first-order chi connectivity index (χ1) is 9.74. The van der Waals surface area contributed by atoms with Crippen molar-refractivity contribution >= 4 is 5.82 Å². The van der Waals surface area contributed by atoms with Crippen LogP contribution < -0.4 is 5.32 Å². The fourth-order valence-electron chi connectivity index (χ4n) is 2.90. The van der Waals surface area contributed by atoms with E-state index in [1.54, 1.807) is 6.33 Å². The van der Waals surface area contributed by atoms with Crippen LogP contribution in [-0.2, 0) is 12.8 Å². The molecule has 1 aliphatic carbocycles. The maximum Gasteiger partial charge on any atom is 0.132 e. The highest BCUT2D eigenvalue weighted by molar-refractivity contribution is 5.46. The minimum Gasteiger partial charge on any atom is -0.396 e. The van der Waals surface area contributed by atoms with Gasteiger partial charge in [-0.1, -0.05) is 20.3 Å². The van der Waals surface area contributed by atoms with Gasteiger partial charge in [-0.25, -0.2) is 9.97 Å². The third-order valence-electron chi connectivity index (χ3n) is 4.84. The predicted molar refractivity (Wildman–Crippen MR) is 81.9 cm³/mol. The van der Waals surface area contributed by atoms with E-state index in [2.05, 4.69) is 29.1 Å². The van der Waals surface area contributed by atoms with Crippen LogP contribution >= 0.6 is 0 Å². The quantitative estimate of drug-likeness (QED) is 0.785. The maximum absolute atomic E-state index is 9.67. The molecular formula is C16H27N3O. The van der Waals surface area contributed by atoms with Crippen LogP contribution in [-0.4, -0.2) is 28.2 Å². The van der Waals surface area contributed by atoms with Crippen LogP contribution in [0, 0.1) is 5.41 Å². The molecule has 0 aliphatic heterocycles. The molecular weight excluding hydrogens is 250 g/mol. The topological polar surface area (TPSA) is 58.0 Å². The van der Waals surface area contributed by atoms with E-state index in [-0.39, 0.29) is 12.0 Å². The van der Waals surface area contributed by atoms with E-state index < -0.39 is 0 Å². The average Bonchev–Trinajstić information content (AvgIpc) is 2.75. The number of anilines is 1. The lowest BCUT2D eigenvalue weighted by Gasteiger charge is -2.30. The number of nitrogens with zero attached hydrogens (tertiary/aromatic N) is 2. The Hall–Kier alpha value is -1.16. The molecule has 0 radical (unpaired) electrons. The number of aliphatic hydroxyl groups is 1. The molecule has 0 aromatic carbocycles. The zero-order valence-corrected chi connectivity index (χ0v) is 12.8. The second-order valence-electron chi connectivity index (χ2n) is 5.93. The summed E-state index contributed by atoms with van der Waals surface area (Å²) in [6.07, 6.45) is 9.49. The van der Waals surface area contributed by atoms with Crippen molar-refractivity contribution in [3.63, 3.8) is 0 Å². The summed E-state index contributed by atoms with van der Waals surface area (Å²) in [4.78, 5) is 8.88. The molecule has 2 rings (SSSR count). The highest BCUT2D eigenvalue weighted by Crippen LogP contribution is 2.28. The number of rotatable bonds is 6. The molecule has 1 aliphatic rings. The summed E-state index contributed by atoms with van der Waals surface area (Å²) in [7, 11) is 0. The molecule has 0 fully saturated rings. The summed E-state index contributed by atoms with van der Waals surface area (Å²) in [5.74, 6) is 0.983. The number of aliphatic hydroxyl groups excluding tert-OH is 1. The molecule has 1 aromatic heterocycles. The molecule has 0 amide bonds. The summed E-state index contributed by atoms with van der Waals surface area (Å²) in [6, 6.07) is 0. The van der Waals surface area contributed by atoms with E-state index in [1.165, 1.54) is 30.5 Å². The third kappa shape index (κ3) is 3.29. The Labute approximate surface area is 122 Å². The van der Waals surface area contributed by atoms with E-state index in [0.29, 0.717) is 0 Å². The number of hydrogen-bond acceptors (Lipinski definition) is 4. The highest BCUT2D eigenvalue weighted by atomic mass is 16.3. The Morgan fingerprint density at radius 3 is 2.60 bits per heavy atom. The molecule has 0 saturated carbocycles. The van der Waals surface area contributed by atoms with Crippen molar-refractivity contribution in [2.75, 3.05) is 18.5 Å². The summed E-state index contributed by atoms with van der Waals surface area (Å²) in [5.41, 5.74) is 2.47. The number of fused-ring (bicyclic) bond motifs is 1. The van der Waals surface area contributed by atoms with Crippen molar-refractivity contribution in [2.45, 2.75) is 58.8 Å². The zero-order valence-electron chi connectivity index (χ0n) is 12.8. The van der Waals surface area contributed by atoms with Crippen LogP contribution in [0.5, 0.6) is 0 Å². The van der Waals surface area contributed by atoms with Crippen molar-refractivity contribution in [1.82, 2.24) is 9.97 Å². The van der Waals surface area contributed by atoms with Crippen LogP contribution in [0.3, 0.4) is 0 Å². The van der Waals surface area contributed by atoms with Gasteiger partial charge in [0.1, 0.15) is 12.1 Å². The number of nitrogens with one attached hydrogen (secondary N) is 1. The van der Waals surface area contributed by atoms with Gasteiger partial charge >= 0.3 is 0 Å². The third-order valence-corrected chi connectivity index (χ3v) is 4.84. The van der Waals surface area contributed by atoms with Crippen molar-refractivity contribution in [3.8, 4) is 0 Å². The summed E-state index contributed by atoms with van der Waals surface area (Å²) in [5, 5.41) is 13.1. The van der Waals surface area contributed by atoms with Gasteiger partial charge in [-0.15, -0.1) is 0 Å². The van der Waals surface area contributed by atoms with E-state index in [9.17, 15) is 5.11 Å². The second-order valence-corrected chi connectivity index (χ2v) is 5.93. The predicted octanol–water partition coefficient (Wildman–Crippen LogP) is 2.96. The lowest BCUT2D eigenvalue weighted by atomic mass is 9.83. The molecule has 0 atom stereocenters. The Morgan fingerprint density at radius 1 is 1.15 bits per heavy atom. The van der Waals surface area contributed by atoms with E-state index in [1.807, 2.05) is 0 Å². The van der Waals surface area contributed by atoms with Crippen LogP contribution in [0.4, 0.5) is 5.82 Å². The van der Waals surface area contributed by atoms with Gasteiger partial charge in [0.2, 0.25) is 0 Å². The maximum atomic E-state index is 9.67. The first-order valence-electron chi connectivity index (χ1n) is 7.92. The van der Waals surface area contributed by atoms with E-state index in [0.717, 1.165) is 38.0 Å². The van der Waals surface area contributed by atoms with Crippen molar-refractivity contribution < 1.29 is 5.11 Å². The highest BCUT2D eigenvalue weighted by Gasteiger charge is 2.26. The number of hydrogen-bond donors (Lipinski definition) is 2. The summed E-state index contributed by atoms with van der Waals surface area (Å²) in [6.45, 7) is 5.28. The van der Waals surface area contributed by atoms with Gasteiger partial charge in [0.05, 0.1) is 6.61 Å². The smallest absolute Gasteiger partial charge is 0.132 e. The normalized spacial score (nSPS) is 15.6. The van der Waals surface area contributed by atoms with Gasteiger partial charge in [-0.3, -0.25) is 0 Å². The standard InChI is InChI=1S/C16H27N3O/c1-3-16(4-2,11-20)10-17-15-13-8-6-5-7-9-14(13)18-12-19-15/h12,20H,3-11H2,1-2H3,(H,17,18,19). The van der Waals surface area contributed by atoms with E-state index in [4.69, 9.17) is 0 Å². The Bertz CT molecular complexity index is 421. The molecule has 1 aromatic rings. The molecule has 112 valence electrons. The monoisotopic (exact) mass is 277 g/mol. The molecule has 2 N–H and O–H groups in total. The molecule has 0 spiro atoms. The van der Waals surface area contributed by atoms with Gasteiger partial charge in [0.15, 0.2) is 0 Å². The Kier molecular flexibility index (Phi) is 5.35. The minimum absolute atomic E-state index is 0.0391. The fraction of sp³-hybridized carbons (Fsp3) is 0.750. The van der Waals surface area contributed by atoms with Crippen LogP contribution in [0.1, 0.15) is 57.2 Å². The lowest BCUT2D eigenvalue weighted by Crippen LogP contribution is -2.32. The molecule has 1 heterocycles. The zero-order chi connectivity index (χ0) is 14.4. The van der Waals surface area contributed by atoms with E-state index >= 15 is 0 Å². The summed E-state index contributed by atoms with van der Waals surface area (Å²) < 4.78 is 0. The average molecular weight is 277 g/mol. The molecule has 4 nitrogen and oxygen atoms in total. The largest absolute Gasteiger partial charge is 0.396 e. The Morgan fingerprint density at radius 2 is 1.90 bits per heavy atom. The van der Waals surface area contributed by atoms with Gasteiger partial charge in [0.25, 0.3) is 0 Å². The minimum atomic E-state index is -0.0391. The Balaban J connectivity index is 2.13. The van der Waals surface area contributed by atoms with Crippen molar-refractivity contribution in [2.24, 2.45) is 5.41 Å². The van der Waals surface area contributed by atoms with Gasteiger partial charge in [-0.2, -0.15) is 0 Å². The molecule has 0 unspecified atom stereocenters. The first-order valence-corrected chi connectivity index (χ1v) is 7.92.